The molecule has 4 fully saturated rings. The summed E-state index contributed by atoms with van der Waals surface area (Å²) in [7, 11) is 0. The van der Waals surface area contributed by atoms with E-state index in [1.54, 1.807) is 0 Å². The molecule has 0 unspecified atom stereocenters. The van der Waals surface area contributed by atoms with E-state index < -0.39 is 48.5 Å². The van der Waals surface area contributed by atoms with Crippen LogP contribution in [0.3, 0.4) is 0 Å². The third-order valence-corrected chi connectivity index (χ3v) is 6.39. The fourth-order valence-electron chi connectivity index (χ4n) is 5.36. The molecule has 4 rings (SSSR count). The molecule has 0 saturated heterocycles. The van der Waals surface area contributed by atoms with Gasteiger partial charge >= 0.3 is 11.8 Å². The molecule has 4 bridgehead atoms. The van der Waals surface area contributed by atoms with Gasteiger partial charge in [-0.3, -0.25) is 9.59 Å². The average Bonchev–Trinajstić information content (AvgIpc) is 2.58. The Labute approximate surface area is 167 Å². The number of alkyl halides is 4. The Kier molecular flexibility index (Phi) is 6.59. The van der Waals surface area contributed by atoms with Gasteiger partial charge < -0.3 is 14.2 Å². The first kappa shape index (κ1) is 23.8. The first-order valence-electron chi connectivity index (χ1n) is 10.1. The summed E-state index contributed by atoms with van der Waals surface area (Å²) in [5, 5.41) is 0. The SMILES string of the molecule is CCOC(=O)[C-](OCCC(F)(F)C(C)(F)F)OC(=O)C12CC3CC(CC(C3)C1)C2.[Cf]. The van der Waals surface area contributed by atoms with Crippen molar-refractivity contribution in [3.63, 3.8) is 0 Å². The first-order chi connectivity index (χ1) is 13.5. The number of ether oxygens (including phenoxy) is 3. The molecule has 5 nitrogen and oxygen atoms in total. The van der Waals surface area contributed by atoms with Crippen molar-refractivity contribution >= 4 is 11.9 Å². The van der Waals surface area contributed by atoms with Crippen LogP contribution in [-0.2, 0) is 23.8 Å². The number of rotatable bonds is 9. The molecule has 0 aromatic rings. The number of hydrogen-bond donors (Lipinski definition) is 0. The Morgan fingerprint density at radius 3 is 1.97 bits per heavy atom. The summed E-state index contributed by atoms with van der Waals surface area (Å²) < 4.78 is 67.6. The smallest absolute Gasteiger partial charge is 0.312 e. The Balaban J connectivity index is 0.00000320. The van der Waals surface area contributed by atoms with Crippen LogP contribution in [-0.4, -0.2) is 37.0 Å². The fourth-order valence-corrected chi connectivity index (χ4v) is 5.36. The summed E-state index contributed by atoms with van der Waals surface area (Å²) in [4.78, 5) is 25.0. The minimum atomic E-state index is -4.32. The van der Waals surface area contributed by atoms with E-state index >= 15 is 0 Å². The van der Waals surface area contributed by atoms with E-state index in [1.807, 2.05) is 0 Å². The van der Waals surface area contributed by atoms with Crippen molar-refractivity contribution in [3.05, 3.63) is 6.29 Å². The van der Waals surface area contributed by atoms with Crippen LogP contribution in [0.15, 0.2) is 0 Å². The summed E-state index contributed by atoms with van der Waals surface area (Å²) in [5.41, 5.74) is -0.698. The Morgan fingerprint density at radius 2 is 1.53 bits per heavy atom. The zero-order chi connectivity index (χ0) is 21.4. The molecule has 0 atom stereocenters. The van der Waals surface area contributed by atoms with Gasteiger partial charge in [-0.15, -0.1) is 0 Å². The number of carbonyl (C=O) groups excluding carboxylic acids is 2. The standard InChI is InChI=1S/C20H27F4O5.Cf/c1-3-27-15(25)16(28-5-4-20(23,24)18(2,21)22)29-17(26)19-9-12-6-13(10-19)8-14(7-12)11-19;/h12-14H,3-11H2,1-2H3;/q-1;. The maximum atomic E-state index is 13.4. The monoisotopic (exact) mass is 672 g/mol. The van der Waals surface area contributed by atoms with Crippen LogP contribution in [0.1, 0.15) is 58.8 Å². The summed E-state index contributed by atoms with van der Waals surface area (Å²) in [5.74, 6) is -8.94. The molecular formula is C20H27CfF4O5-. The predicted molar refractivity (Wildman–Crippen MR) is 92.7 cm³/mol. The Hall–Kier alpha value is -2.51. The molecule has 0 N–H and O–H groups in total. The predicted octanol–water partition coefficient (Wildman–Crippen LogP) is 4.50. The molecule has 0 aromatic carbocycles. The van der Waals surface area contributed by atoms with Gasteiger partial charge in [-0.25, -0.2) is 8.78 Å². The summed E-state index contributed by atoms with van der Waals surface area (Å²) in [6.07, 6.45) is 3.11. The molecular weight excluding hydrogens is 647 g/mol. The van der Waals surface area contributed by atoms with E-state index in [2.05, 4.69) is 0 Å². The molecule has 0 aliphatic heterocycles. The van der Waals surface area contributed by atoms with Gasteiger partial charge in [0.2, 0.25) is 5.97 Å². The molecule has 4 aliphatic rings. The maximum Gasteiger partial charge on any atom is 0.312 e. The van der Waals surface area contributed by atoms with Crippen molar-refractivity contribution < 1.29 is 41.4 Å². The molecule has 10 heteroatoms. The molecule has 0 aromatic heterocycles. The van der Waals surface area contributed by atoms with Crippen molar-refractivity contribution in [2.75, 3.05) is 13.2 Å². The zero-order valence-corrected chi connectivity index (χ0v) is 19.6. The largest absolute Gasteiger partial charge is 0.577 e. The molecule has 30 heavy (non-hydrogen) atoms. The molecule has 4 aliphatic carbocycles. The minimum Gasteiger partial charge on any atom is -0.577 e. The topological polar surface area (TPSA) is 61.8 Å². The maximum absolute atomic E-state index is 13.4. The quantitative estimate of drug-likeness (QED) is 0.205. The van der Waals surface area contributed by atoms with E-state index in [-0.39, 0.29) is 13.5 Å². The second kappa shape index (κ2) is 8.32. The van der Waals surface area contributed by atoms with E-state index in [4.69, 9.17) is 14.2 Å². The van der Waals surface area contributed by atoms with Crippen molar-refractivity contribution in [3.8, 4) is 0 Å². The normalized spacial score (nSPS) is 29.9. The van der Waals surface area contributed by atoms with E-state index in [9.17, 15) is 27.2 Å². The van der Waals surface area contributed by atoms with Gasteiger partial charge in [0.15, 0.2) is 0 Å². The van der Waals surface area contributed by atoms with Crippen LogP contribution in [0.2, 0.25) is 0 Å². The van der Waals surface area contributed by atoms with Crippen LogP contribution >= 0.6 is 0 Å². The number of carbonyl (C=O) groups is 2. The van der Waals surface area contributed by atoms with Gasteiger partial charge in [0.1, 0.15) is 0 Å². The Morgan fingerprint density at radius 1 is 1.03 bits per heavy atom. The van der Waals surface area contributed by atoms with Crippen LogP contribution in [0.4, 0.5) is 17.6 Å². The summed E-state index contributed by atoms with van der Waals surface area (Å²) >= 11 is 0. The molecule has 0 heterocycles. The van der Waals surface area contributed by atoms with Crippen molar-refractivity contribution in [2.24, 2.45) is 23.2 Å². The van der Waals surface area contributed by atoms with Crippen molar-refractivity contribution in [1.82, 2.24) is 0 Å². The van der Waals surface area contributed by atoms with Gasteiger partial charge in [-0.05, 0) is 63.2 Å². The minimum absolute atomic E-state index is 0. The molecule has 176 valence electrons. The molecule has 4 saturated carbocycles. The van der Waals surface area contributed by atoms with E-state index in [0.717, 1.165) is 19.3 Å². The van der Waals surface area contributed by atoms with Crippen LogP contribution < -0.4 is 0 Å². The average molecular weight is 674 g/mol. The van der Waals surface area contributed by atoms with Gasteiger partial charge in [0.25, 0.3) is 5.97 Å². The Bertz CT molecular complexity index is 602. The van der Waals surface area contributed by atoms with Crippen LogP contribution in [0.5, 0.6) is 0 Å². The third-order valence-electron chi connectivity index (χ3n) is 6.39. The van der Waals surface area contributed by atoms with Crippen LogP contribution in [0.25, 0.3) is 0 Å². The van der Waals surface area contributed by atoms with Gasteiger partial charge in [0.05, 0.1) is 12.0 Å². The summed E-state index contributed by atoms with van der Waals surface area (Å²) in [6.45, 7) is 0.654. The number of esters is 2. The van der Waals surface area contributed by atoms with Gasteiger partial charge in [-0.1, -0.05) is 0 Å². The second-order valence-corrected chi connectivity index (χ2v) is 8.79. The molecule has 0 amide bonds. The van der Waals surface area contributed by atoms with Gasteiger partial charge in [0, 0.05) is 26.2 Å². The number of hydrogen-bond acceptors (Lipinski definition) is 5. The van der Waals surface area contributed by atoms with E-state index in [1.165, 1.54) is 6.92 Å². The first-order valence-corrected chi connectivity index (χ1v) is 10.1. The second-order valence-electron chi connectivity index (χ2n) is 8.79. The van der Waals surface area contributed by atoms with E-state index in [0.29, 0.717) is 37.0 Å². The van der Waals surface area contributed by atoms with Crippen molar-refractivity contribution in [1.29, 1.82) is 0 Å². The fraction of sp³-hybridized carbons (Fsp3) is 0.850. The molecule has 0 spiro atoms. The zero-order valence-electron chi connectivity index (χ0n) is 17.0. The third kappa shape index (κ3) is 4.63. The van der Waals surface area contributed by atoms with Gasteiger partial charge in [-0.2, -0.15) is 8.78 Å². The summed E-state index contributed by atoms with van der Waals surface area (Å²) in [6, 6.07) is 0. The number of halogens is 4. The van der Waals surface area contributed by atoms with Crippen molar-refractivity contribution in [2.45, 2.75) is 70.6 Å². The molecule has 0 radical (unpaired) electrons. The van der Waals surface area contributed by atoms with Crippen LogP contribution in [0, 0.1) is 29.5 Å².